The molecule has 1 aliphatic rings. The number of phenolic OH excluding ortho intramolecular Hbond substituents is 1. The van der Waals surface area contributed by atoms with E-state index in [0.29, 0.717) is 15.0 Å². The highest BCUT2D eigenvalue weighted by Gasteiger charge is 2.33. The van der Waals surface area contributed by atoms with E-state index in [2.05, 4.69) is 0 Å². The molecule has 1 aromatic carbocycles. The fourth-order valence-electron chi connectivity index (χ4n) is 1.54. The maximum Gasteiger partial charge on any atom is 0.293 e. The first-order valence-electron chi connectivity index (χ1n) is 5.27. The highest BCUT2D eigenvalue weighted by Crippen LogP contribution is 2.32. The zero-order valence-corrected chi connectivity index (χ0v) is 12.5. The quantitative estimate of drug-likeness (QED) is 0.638. The largest absolute Gasteiger partial charge is 0.507 e. The van der Waals surface area contributed by atoms with E-state index >= 15 is 0 Å². The van der Waals surface area contributed by atoms with E-state index in [4.69, 9.17) is 0 Å². The van der Waals surface area contributed by atoms with E-state index in [9.17, 15) is 14.7 Å². The van der Waals surface area contributed by atoms with Gasteiger partial charge in [-0.2, -0.15) is 0 Å². The minimum absolute atomic E-state index is 0.203. The summed E-state index contributed by atoms with van der Waals surface area (Å²) < 4.78 is 0.705. The number of aromatic hydroxyl groups is 1. The van der Waals surface area contributed by atoms with E-state index in [1.165, 1.54) is 4.90 Å². The number of benzene rings is 1. The first-order valence-corrected chi connectivity index (χ1v) is 7.16. The number of imide groups is 1. The minimum atomic E-state index is -0.254. The number of thioether (sulfide) groups is 1. The van der Waals surface area contributed by atoms with Gasteiger partial charge in [0.15, 0.2) is 0 Å². The SMILES string of the molecule is CCN1C(=O)SC(=Cc2ccc(O)c(I)c2)C1=O. The summed E-state index contributed by atoms with van der Waals surface area (Å²) in [5, 5.41) is 9.18. The van der Waals surface area contributed by atoms with Crippen LogP contribution < -0.4 is 0 Å². The Morgan fingerprint density at radius 1 is 1.44 bits per heavy atom. The van der Waals surface area contributed by atoms with Gasteiger partial charge in [-0.25, -0.2) is 0 Å². The van der Waals surface area contributed by atoms with Gasteiger partial charge in [-0.05, 0) is 65.0 Å². The molecule has 1 fully saturated rings. The number of amides is 2. The van der Waals surface area contributed by atoms with Gasteiger partial charge in [0, 0.05) is 6.54 Å². The van der Waals surface area contributed by atoms with Gasteiger partial charge < -0.3 is 5.11 Å². The van der Waals surface area contributed by atoms with Gasteiger partial charge in [-0.3, -0.25) is 14.5 Å². The van der Waals surface area contributed by atoms with Gasteiger partial charge >= 0.3 is 0 Å². The lowest BCUT2D eigenvalue weighted by molar-refractivity contribution is -0.122. The molecule has 0 aliphatic carbocycles. The number of nitrogens with zero attached hydrogens (tertiary/aromatic N) is 1. The number of rotatable bonds is 2. The maximum atomic E-state index is 11.9. The summed E-state index contributed by atoms with van der Waals surface area (Å²) in [6.07, 6.45) is 1.67. The molecule has 1 aliphatic heterocycles. The third-order valence-corrected chi connectivity index (χ3v) is 4.23. The molecule has 6 heteroatoms. The van der Waals surface area contributed by atoms with Crippen LogP contribution in [0.5, 0.6) is 5.75 Å². The van der Waals surface area contributed by atoms with Gasteiger partial charge in [0.05, 0.1) is 8.48 Å². The van der Waals surface area contributed by atoms with Crippen LogP contribution in [0.3, 0.4) is 0 Å². The van der Waals surface area contributed by atoms with Crippen molar-refractivity contribution in [3.05, 3.63) is 32.2 Å². The van der Waals surface area contributed by atoms with Crippen molar-refractivity contribution in [2.24, 2.45) is 0 Å². The highest BCUT2D eigenvalue weighted by molar-refractivity contribution is 14.1. The number of likely N-dealkylation sites (N-methyl/N-ethyl adjacent to an activating group) is 1. The molecule has 0 saturated carbocycles. The number of hydrogen-bond donors (Lipinski definition) is 1. The van der Waals surface area contributed by atoms with Crippen LogP contribution in [0, 0.1) is 3.57 Å². The van der Waals surface area contributed by atoms with Crippen LogP contribution >= 0.6 is 34.4 Å². The molecule has 2 rings (SSSR count). The zero-order valence-electron chi connectivity index (χ0n) is 9.51. The third kappa shape index (κ3) is 2.54. The average Bonchev–Trinajstić information content (AvgIpc) is 2.59. The Morgan fingerprint density at radius 2 is 2.17 bits per heavy atom. The molecular formula is C12H10INO3S. The normalized spacial score (nSPS) is 17.9. The Labute approximate surface area is 122 Å². The lowest BCUT2D eigenvalue weighted by Gasteiger charge is -2.07. The molecular weight excluding hydrogens is 365 g/mol. The van der Waals surface area contributed by atoms with Crippen molar-refractivity contribution in [3.8, 4) is 5.75 Å². The Balaban J connectivity index is 2.32. The number of carbonyl (C=O) groups is 2. The van der Waals surface area contributed by atoms with E-state index in [1.807, 2.05) is 22.6 Å². The standard InChI is InChI=1S/C12H10INO3S/c1-2-14-11(16)10(18-12(14)17)6-7-3-4-9(15)8(13)5-7/h3-6,15H,2H2,1H3. The summed E-state index contributed by atoms with van der Waals surface area (Å²) in [7, 11) is 0. The second-order valence-electron chi connectivity index (χ2n) is 3.64. The molecule has 94 valence electrons. The van der Waals surface area contributed by atoms with Crippen LogP contribution in [-0.4, -0.2) is 27.7 Å². The lowest BCUT2D eigenvalue weighted by atomic mass is 10.2. The first kappa shape index (κ1) is 13.4. The van der Waals surface area contributed by atoms with Crippen molar-refractivity contribution in [2.45, 2.75) is 6.92 Å². The van der Waals surface area contributed by atoms with E-state index in [1.54, 1.807) is 31.2 Å². The predicted molar refractivity (Wildman–Crippen MR) is 79.2 cm³/mol. The number of halogens is 1. The lowest BCUT2D eigenvalue weighted by Crippen LogP contribution is -2.27. The van der Waals surface area contributed by atoms with Gasteiger partial charge in [0.1, 0.15) is 5.75 Å². The minimum Gasteiger partial charge on any atom is -0.507 e. The molecule has 0 atom stereocenters. The molecule has 0 bridgehead atoms. The summed E-state index contributed by atoms with van der Waals surface area (Å²) in [5.74, 6) is -0.0509. The van der Waals surface area contributed by atoms with Crippen LogP contribution in [0.15, 0.2) is 23.1 Å². The maximum absolute atomic E-state index is 11.9. The molecule has 1 saturated heterocycles. The number of carbonyl (C=O) groups excluding carboxylic acids is 2. The highest BCUT2D eigenvalue weighted by atomic mass is 127. The monoisotopic (exact) mass is 375 g/mol. The van der Waals surface area contributed by atoms with Crippen LogP contribution in [0.1, 0.15) is 12.5 Å². The fourth-order valence-corrected chi connectivity index (χ4v) is 2.98. The predicted octanol–water partition coefficient (Wildman–Crippen LogP) is 3.05. The molecule has 0 radical (unpaired) electrons. The fraction of sp³-hybridized carbons (Fsp3) is 0.167. The van der Waals surface area contributed by atoms with E-state index < -0.39 is 0 Å². The van der Waals surface area contributed by atoms with Crippen LogP contribution in [0.4, 0.5) is 4.79 Å². The summed E-state index contributed by atoms with van der Waals surface area (Å²) in [4.78, 5) is 25.0. The summed E-state index contributed by atoms with van der Waals surface area (Å²) in [6.45, 7) is 2.15. The molecule has 1 heterocycles. The molecule has 1 N–H and O–H groups in total. The molecule has 2 amide bonds. The van der Waals surface area contributed by atoms with E-state index in [0.717, 1.165) is 17.3 Å². The Kier molecular flexibility index (Phi) is 3.96. The average molecular weight is 375 g/mol. The molecule has 18 heavy (non-hydrogen) atoms. The molecule has 1 aromatic rings. The van der Waals surface area contributed by atoms with Crippen molar-refractivity contribution >= 4 is 51.6 Å². The Morgan fingerprint density at radius 3 is 2.72 bits per heavy atom. The zero-order chi connectivity index (χ0) is 13.3. The molecule has 0 unspecified atom stereocenters. The van der Waals surface area contributed by atoms with Gasteiger partial charge in [-0.15, -0.1) is 0 Å². The Bertz CT molecular complexity index is 556. The van der Waals surface area contributed by atoms with E-state index in [-0.39, 0.29) is 16.9 Å². The molecule has 0 spiro atoms. The smallest absolute Gasteiger partial charge is 0.293 e. The first-order chi connectivity index (χ1) is 8.52. The van der Waals surface area contributed by atoms with Crippen molar-refractivity contribution in [1.29, 1.82) is 0 Å². The summed E-state index contributed by atoms with van der Waals surface area (Å²) in [5.41, 5.74) is 0.791. The molecule has 0 aromatic heterocycles. The Hall–Kier alpha value is -1.02. The summed E-state index contributed by atoms with van der Waals surface area (Å²) >= 11 is 2.95. The second kappa shape index (κ2) is 5.31. The van der Waals surface area contributed by atoms with Gasteiger partial charge in [0.2, 0.25) is 0 Å². The topological polar surface area (TPSA) is 57.6 Å². The third-order valence-electron chi connectivity index (χ3n) is 2.46. The number of hydrogen-bond acceptors (Lipinski definition) is 4. The number of phenols is 1. The summed E-state index contributed by atoms with van der Waals surface area (Å²) in [6, 6.07) is 5.03. The van der Waals surface area contributed by atoms with Crippen LogP contribution in [0.2, 0.25) is 0 Å². The second-order valence-corrected chi connectivity index (χ2v) is 5.79. The van der Waals surface area contributed by atoms with Gasteiger partial charge in [-0.1, -0.05) is 6.07 Å². The molecule has 4 nitrogen and oxygen atoms in total. The van der Waals surface area contributed by atoms with Crippen molar-refractivity contribution in [1.82, 2.24) is 4.90 Å². The van der Waals surface area contributed by atoms with Crippen molar-refractivity contribution < 1.29 is 14.7 Å². The van der Waals surface area contributed by atoms with Crippen LogP contribution in [0.25, 0.3) is 6.08 Å². The van der Waals surface area contributed by atoms with Crippen LogP contribution in [-0.2, 0) is 4.79 Å². The van der Waals surface area contributed by atoms with Crippen molar-refractivity contribution in [3.63, 3.8) is 0 Å². The van der Waals surface area contributed by atoms with Gasteiger partial charge in [0.25, 0.3) is 11.1 Å². The van der Waals surface area contributed by atoms with Crippen molar-refractivity contribution in [2.75, 3.05) is 6.54 Å².